The van der Waals surface area contributed by atoms with Crippen LogP contribution in [0.4, 0.5) is 0 Å². The molecule has 0 bridgehead atoms. The van der Waals surface area contributed by atoms with Gasteiger partial charge in [-0.3, -0.25) is 0 Å². The van der Waals surface area contributed by atoms with Crippen LogP contribution in [0, 0.1) is 0 Å². The van der Waals surface area contributed by atoms with Crippen LogP contribution in [-0.2, 0) is 3.07 Å². The Balaban J connectivity index is 2.83. The van der Waals surface area contributed by atoms with E-state index in [1.165, 1.54) is 100.0 Å². The van der Waals surface area contributed by atoms with Crippen LogP contribution in [0.15, 0.2) is 0 Å². The zero-order valence-electron chi connectivity index (χ0n) is 11.1. The Morgan fingerprint density at radius 2 is 1.00 bits per heavy atom. The first kappa shape index (κ1) is 16.8. The van der Waals surface area contributed by atoms with Gasteiger partial charge in [0.05, 0.1) is 0 Å². The maximum absolute atomic E-state index is 5.12. The van der Waals surface area contributed by atoms with Gasteiger partial charge in [-0.05, 0) is 0 Å². The second-order valence-electron chi connectivity index (χ2n) is 4.74. The molecule has 0 spiro atoms. The van der Waals surface area contributed by atoms with Gasteiger partial charge >= 0.3 is 96.8 Å². The molecule has 0 amide bonds. The minimum absolute atomic E-state index is 0.982. The van der Waals surface area contributed by atoms with Gasteiger partial charge in [0.2, 0.25) is 0 Å². The first-order chi connectivity index (χ1) is 7.91. The molecule has 0 saturated heterocycles. The van der Waals surface area contributed by atoms with Gasteiger partial charge in [-0.2, -0.15) is 0 Å². The van der Waals surface area contributed by atoms with E-state index in [9.17, 15) is 0 Å². The van der Waals surface area contributed by atoms with Gasteiger partial charge in [-0.25, -0.2) is 0 Å². The second-order valence-corrected chi connectivity index (χ2v) is 5.56. The molecular formula is C14H29OSn. The third kappa shape index (κ3) is 14.8. The molecule has 0 aliphatic heterocycles. The third-order valence-corrected chi connectivity index (χ3v) is 3.68. The fraction of sp³-hybridized carbons (Fsp3) is 1.00. The Labute approximate surface area is 116 Å². The van der Waals surface area contributed by atoms with E-state index in [4.69, 9.17) is 3.07 Å². The van der Waals surface area contributed by atoms with Gasteiger partial charge in [-0.15, -0.1) is 0 Å². The van der Waals surface area contributed by atoms with Crippen molar-refractivity contribution in [3.63, 3.8) is 0 Å². The molecule has 0 rings (SSSR count). The quantitative estimate of drug-likeness (QED) is 0.348. The van der Waals surface area contributed by atoms with Crippen LogP contribution < -0.4 is 0 Å². The normalized spacial score (nSPS) is 10.9. The Morgan fingerprint density at radius 3 is 1.38 bits per heavy atom. The molecular weight excluding hydrogens is 303 g/mol. The molecule has 3 radical (unpaired) electrons. The summed E-state index contributed by atoms with van der Waals surface area (Å²) in [6.45, 7) is 3.26. The summed E-state index contributed by atoms with van der Waals surface area (Å²) in [5.41, 5.74) is 0. The number of rotatable bonds is 13. The van der Waals surface area contributed by atoms with Crippen LogP contribution in [0.1, 0.15) is 84.0 Å². The van der Waals surface area contributed by atoms with Crippen LogP contribution in [0.25, 0.3) is 0 Å². The van der Waals surface area contributed by atoms with Crippen molar-refractivity contribution in [2.45, 2.75) is 84.0 Å². The SMILES string of the molecule is CCCCCCCCCCCCCC[O][Sn]. The molecule has 0 aromatic carbocycles. The number of hydrogen-bond donors (Lipinski definition) is 0. The molecule has 0 aliphatic rings. The van der Waals surface area contributed by atoms with E-state index < -0.39 is 0 Å². The predicted molar refractivity (Wildman–Crippen MR) is 72.8 cm³/mol. The van der Waals surface area contributed by atoms with Crippen LogP contribution in [0.2, 0.25) is 0 Å². The van der Waals surface area contributed by atoms with Gasteiger partial charge in [0.15, 0.2) is 0 Å². The standard InChI is InChI=1S/C14H29O.Sn/c1-2-3-4-5-6-7-8-9-10-11-12-13-14-15;/h2-14H2,1H3;/q-1;+1. The molecule has 0 heterocycles. The first-order valence-corrected chi connectivity index (χ1v) is 8.37. The molecule has 0 aromatic heterocycles. The van der Waals surface area contributed by atoms with Crippen LogP contribution in [-0.4, -0.2) is 29.5 Å². The molecule has 0 atom stereocenters. The van der Waals surface area contributed by atoms with Crippen LogP contribution in [0.3, 0.4) is 0 Å². The number of hydrogen-bond acceptors (Lipinski definition) is 1. The summed E-state index contributed by atoms with van der Waals surface area (Å²) < 4.78 is 5.12. The van der Waals surface area contributed by atoms with Crippen molar-refractivity contribution in [3.05, 3.63) is 0 Å². The molecule has 2 heteroatoms. The fourth-order valence-corrected chi connectivity index (χ4v) is 2.43. The average Bonchev–Trinajstić information content (AvgIpc) is 2.31. The Hall–Kier alpha value is 0.759. The molecule has 95 valence electrons. The van der Waals surface area contributed by atoms with E-state index in [1.54, 1.807) is 0 Å². The maximum atomic E-state index is 5.12. The topological polar surface area (TPSA) is 9.23 Å². The summed E-state index contributed by atoms with van der Waals surface area (Å²) in [4.78, 5) is 0. The van der Waals surface area contributed by atoms with Gasteiger partial charge < -0.3 is 0 Å². The van der Waals surface area contributed by atoms with Gasteiger partial charge in [-0.1, -0.05) is 19.8 Å². The fourth-order valence-electron chi connectivity index (χ4n) is 2.02. The summed E-state index contributed by atoms with van der Waals surface area (Å²) in [6, 6.07) is 0. The zero-order chi connectivity index (χ0) is 11.9. The molecule has 0 saturated carbocycles. The summed E-state index contributed by atoms with van der Waals surface area (Å²) in [7, 11) is 0. The molecule has 16 heavy (non-hydrogen) atoms. The number of unbranched alkanes of at least 4 members (excludes halogenated alkanes) is 11. The van der Waals surface area contributed by atoms with E-state index in [0.29, 0.717) is 0 Å². The summed E-state index contributed by atoms with van der Waals surface area (Å²) in [5.74, 6) is 0. The van der Waals surface area contributed by atoms with Crippen molar-refractivity contribution in [1.29, 1.82) is 0 Å². The van der Waals surface area contributed by atoms with Crippen molar-refractivity contribution in [2.24, 2.45) is 0 Å². The predicted octanol–water partition coefficient (Wildman–Crippen LogP) is 4.79. The van der Waals surface area contributed by atoms with Gasteiger partial charge in [0, 0.05) is 0 Å². The van der Waals surface area contributed by atoms with Crippen molar-refractivity contribution in [2.75, 3.05) is 6.61 Å². The van der Waals surface area contributed by atoms with E-state index in [2.05, 4.69) is 6.92 Å². The van der Waals surface area contributed by atoms with Crippen LogP contribution >= 0.6 is 0 Å². The van der Waals surface area contributed by atoms with E-state index in [-0.39, 0.29) is 0 Å². The monoisotopic (exact) mass is 333 g/mol. The van der Waals surface area contributed by atoms with E-state index >= 15 is 0 Å². The summed E-state index contributed by atoms with van der Waals surface area (Å²) in [5, 5.41) is 0. The van der Waals surface area contributed by atoms with Crippen molar-refractivity contribution < 1.29 is 3.07 Å². The molecule has 0 N–H and O–H groups in total. The Morgan fingerprint density at radius 1 is 0.625 bits per heavy atom. The Kier molecular flexibility index (Phi) is 16.5. The summed E-state index contributed by atoms with van der Waals surface area (Å²) >= 11 is 1.22. The third-order valence-electron chi connectivity index (χ3n) is 3.10. The van der Waals surface area contributed by atoms with Crippen molar-refractivity contribution in [1.82, 2.24) is 0 Å². The zero-order valence-corrected chi connectivity index (χ0v) is 14.0. The molecule has 0 aliphatic carbocycles. The minimum atomic E-state index is 0.982. The molecule has 0 aromatic rings. The van der Waals surface area contributed by atoms with E-state index in [1.807, 2.05) is 0 Å². The van der Waals surface area contributed by atoms with Gasteiger partial charge in [0.1, 0.15) is 0 Å². The van der Waals surface area contributed by atoms with Crippen molar-refractivity contribution in [3.8, 4) is 0 Å². The van der Waals surface area contributed by atoms with Crippen molar-refractivity contribution >= 4 is 22.9 Å². The summed E-state index contributed by atoms with van der Waals surface area (Å²) in [6.07, 6.45) is 17.0. The van der Waals surface area contributed by atoms with Crippen LogP contribution in [0.5, 0.6) is 0 Å². The molecule has 0 unspecified atom stereocenters. The van der Waals surface area contributed by atoms with E-state index in [0.717, 1.165) is 6.61 Å². The Bertz CT molecular complexity index is 103. The first-order valence-electron chi connectivity index (χ1n) is 7.20. The molecule has 1 nitrogen and oxygen atoms in total. The molecule has 0 fully saturated rings. The van der Waals surface area contributed by atoms with Gasteiger partial charge in [0.25, 0.3) is 0 Å². The second kappa shape index (κ2) is 15.8. The average molecular weight is 332 g/mol.